The van der Waals surface area contributed by atoms with Gasteiger partial charge in [0.05, 0.1) is 22.5 Å². The molecule has 7 nitrogen and oxygen atoms in total. The molecule has 0 saturated carbocycles. The first-order chi connectivity index (χ1) is 13.2. The second-order valence-corrected chi connectivity index (χ2v) is 7.27. The Bertz CT molecular complexity index is 1170. The van der Waals surface area contributed by atoms with E-state index >= 15 is 0 Å². The fourth-order valence-electron chi connectivity index (χ4n) is 3.04. The second-order valence-electron chi connectivity index (χ2n) is 6.91. The second kappa shape index (κ2) is 7.17. The van der Waals surface area contributed by atoms with Crippen molar-refractivity contribution in [2.45, 2.75) is 39.5 Å². The van der Waals surface area contributed by atoms with Gasteiger partial charge in [-0.05, 0) is 17.9 Å². The van der Waals surface area contributed by atoms with Gasteiger partial charge in [-0.15, -0.1) is 0 Å². The molecule has 0 saturated heterocycles. The van der Waals surface area contributed by atoms with Crippen LogP contribution in [0, 0.1) is 17.1 Å². The van der Waals surface area contributed by atoms with Gasteiger partial charge in [-0.2, -0.15) is 5.26 Å². The third kappa shape index (κ3) is 2.98. The molecule has 0 radical (unpaired) electrons. The number of fused-ring (bicyclic) bond motifs is 1. The maximum atomic E-state index is 14.0. The summed E-state index contributed by atoms with van der Waals surface area (Å²) in [5.74, 6) is -1.70. The number of pyridine rings is 2. The van der Waals surface area contributed by atoms with Crippen LogP contribution < -0.4 is 5.56 Å². The van der Waals surface area contributed by atoms with Gasteiger partial charge in [0.25, 0.3) is 5.56 Å². The van der Waals surface area contributed by atoms with Crippen molar-refractivity contribution in [2.24, 2.45) is 0 Å². The summed E-state index contributed by atoms with van der Waals surface area (Å²) in [6.45, 7) is 7.59. The molecule has 3 rings (SSSR count). The molecule has 0 aliphatic carbocycles. The summed E-state index contributed by atoms with van der Waals surface area (Å²) in [6, 6.07) is 2.64. The highest BCUT2D eigenvalue weighted by atomic mass is 35.5. The largest absolute Gasteiger partial charge is 0.506 e. The van der Waals surface area contributed by atoms with Crippen molar-refractivity contribution in [3.05, 3.63) is 50.7 Å². The lowest BCUT2D eigenvalue weighted by Gasteiger charge is -2.20. The molecule has 0 aliphatic rings. The number of aromatic hydroxyl groups is 1. The Balaban J connectivity index is 2.65. The van der Waals surface area contributed by atoms with Gasteiger partial charge in [-0.3, -0.25) is 9.36 Å². The molecular weight excluding hydrogens is 385 g/mol. The first-order valence-electron chi connectivity index (χ1n) is 8.58. The van der Waals surface area contributed by atoms with E-state index in [9.17, 15) is 19.6 Å². The maximum Gasteiger partial charge on any atom is 0.278 e. The van der Waals surface area contributed by atoms with E-state index in [2.05, 4.69) is 15.0 Å². The summed E-state index contributed by atoms with van der Waals surface area (Å²) in [7, 11) is 0. The van der Waals surface area contributed by atoms with E-state index < -0.39 is 27.8 Å². The Kier molecular flexibility index (Phi) is 5.04. The Morgan fingerprint density at radius 2 is 1.79 bits per heavy atom. The molecule has 0 aliphatic heterocycles. The van der Waals surface area contributed by atoms with Gasteiger partial charge in [-0.1, -0.05) is 39.3 Å². The zero-order chi connectivity index (χ0) is 20.7. The number of nitrogens with zero attached hydrogens (tertiary/aromatic N) is 5. The van der Waals surface area contributed by atoms with Gasteiger partial charge in [-0.25, -0.2) is 19.3 Å². The lowest BCUT2D eigenvalue weighted by molar-refractivity contribution is 0.477. The molecule has 144 valence electrons. The molecule has 3 heterocycles. The van der Waals surface area contributed by atoms with Gasteiger partial charge in [0.2, 0.25) is 0 Å². The van der Waals surface area contributed by atoms with Crippen LogP contribution in [-0.4, -0.2) is 24.6 Å². The summed E-state index contributed by atoms with van der Waals surface area (Å²) < 4.78 is 15.2. The summed E-state index contributed by atoms with van der Waals surface area (Å²) in [4.78, 5) is 25.7. The zero-order valence-corrected chi connectivity index (χ0v) is 16.4. The average molecular weight is 402 g/mol. The van der Waals surface area contributed by atoms with E-state index in [0.29, 0.717) is 17.1 Å². The zero-order valence-electron chi connectivity index (χ0n) is 15.7. The SMILES string of the molecule is CC(C)c1ncnc(C(C)C)c1-n1c(=O)c(C#N)c(O)c2cc(F)c(Cl)nc21. The Morgan fingerprint density at radius 3 is 2.29 bits per heavy atom. The molecule has 9 heteroatoms. The van der Waals surface area contributed by atoms with Crippen molar-refractivity contribution in [1.82, 2.24) is 19.5 Å². The quantitative estimate of drug-likeness (QED) is 0.669. The van der Waals surface area contributed by atoms with Crippen LogP contribution >= 0.6 is 11.6 Å². The number of nitriles is 1. The van der Waals surface area contributed by atoms with E-state index in [-0.39, 0.29) is 22.9 Å². The molecule has 0 unspecified atom stereocenters. The van der Waals surface area contributed by atoms with Crippen LogP contribution in [0.3, 0.4) is 0 Å². The van der Waals surface area contributed by atoms with E-state index in [0.717, 1.165) is 10.6 Å². The number of hydrogen-bond acceptors (Lipinski definition) is 6. The van der Waals surface area contributed by atoms with Crippen molar-refractivity contribution < 1.29 is 9.50 Å². The van der Waals surface area contributed by atoms with E-state index in [1.807, 2.05) is 27.7 Å². The lowest BCUT2D eigenvalue weighted by atomic mass is 10.0. The Labute approximate surface area is 165 Å². The first-order valence-corrected chi connectivity index (χ1v) is 8.95. The Morgan fingerprint density at radius 1 is 1.21 bits per heavy atom. The molecule has 0 bridgehead atoms. The first kappa shape index (κ1) is 19.7. The normalized spacial score (nSPS) is 11.4. The molecular formula is C19H17ClFN5O2. The minimum atomic E-state index is -0.879. The smallest absolute Gasteiger partial charge is 0.278 e. The predicted molar refractivity (Wildman–Crippen MR) is 102 cm³/mol. The Hall–Kier alpha value is -3.05. The van der Waals surface area contributed by atoms with Crippen LogP contribution in [0.25, 0.3) is 16.7 Å². The fraction of sp³-hybridized carbons (Fsp3) is 0.316. The summed E-state index contributed by atoms with van der Waals surface area (Å²) in [6.07, 6.45) is 1.41. The molecule has 0 fully saturated rings. The highest BCUT2D eigenvalue weighted by Gasteiger charge is 2.26. The highest BCUT2D eigenvalue weighted by molar-refractivity contribution is 6.30. The number of halogens is 2. The molecule has 0 aromatic carbocycles. The van der Waals surface area contributed by atoms with Gasteiger partial charge < -0.3 is 5.11 Å². The topological polar surface area (TPSA) is 105 Å². The van der Waals surface area contributed by atoms with Gasteiger partial charge in [0, 0.05) is 0 Å². The fourth-order valence-corrected chi connectivity index (χ4v) is 3.17. The van der Waals surface area contributed by atoms with Crippen LogP contribution in [0.1, 0.15) is 56.5 Å². The van der Waals surface area contributed by atoms with Crippen molar-refractivity contribution in [3.8, 4) is 17.5 Å². The van der Waals surface area contributed by atoms with Crippen molar-refractivity contribution in [2.75, 3.05) is 0 Å². The predicted octanol–water partition coefficient (Wildman–Crippen LogP) is 3.79. The van der Waals surface area contributed by atoms with Crippen LogP contribution in [0.5, 0.6) is 5.75 Å². The van der Waals surface area contributed by atoms with Crippen molar-refractivity contribution in [3.63, 3.8) is 0 Å². The molecule has 0 atom stereocenters. The average Bonchev–Trinajstić information content (AvgIpc) is 2.64. The van der Waals surface area contributed by atoms with Crippen molar-refractivity contribution in [1.29, 1.82) is 5.26 Å². The maximum absolute atomic E-state index is 14.0. The van der Waals surface area contributed by atoms with Gasteiger partial charge in [0.1, 0.15) is 18.1 Å². The van der Waals surface area contributed by atoms with Gasteiger partial charge in [0.15, 0.2) is 22.2 Å². The minimum absolute atomic E-state index is 0.0773. The van der Waals surface area contributed by atoms with E-state index in [1.165, 1.54) is 6.33 Å². The number of hydrogen-bond donors (Lipinski definition) is 1. The standard InChI is InChI=1S/C19H17ClFN5O2/c1-8(2)13-15(14(9(3)4)24-7-23-13)26-18-10(5-12(21)17(20)25-18)16(27)11(6-22)19(26)28/h5,7-9,27H,1-4H3. The molecule has 28 heavy (non-hydrogen) atoms. The van der Waals surface area contributed by atoms with Crippen LogP contribution in [0.2, 0.25) is 5.15 Å². The number of rotatable bonds is 3. The van der Waals surface area contributed by atoms with Crippen LogP contribution in [0.4, 0.5) is 4.39 Å². The van der Waals surface area contributed by atoms with E-state index in [1.54, 1.807) is 6.07 Å². The van der Waals surface area contributed by atoms with Crippen LogP contribution in [-0.2, 0) is 0 Å². The molecule has 0 spiro atoms. The molecule has 3 aromatic rings. The number of aromatic nitrogens is 4. The summed E-state index contributed by atoms with van der Waals surface area (Å²) in [5.41, 5.74) is 0.0593. The minimum Gasteiger partial charge on any atom is -0.506 e. The lowest BCUT2D eigenvalue weighted by Crippen LogP contribution is -2.26. The van der Waals surface area contributed by atoms with Crippen LogP contribution in [0.15, 0.2) is 17.2 Å². The molecule has 1 N–H and O–H groups in total. The summed E-state index contributed by atoms with van der Waals surface area (Å²) >= 11 is 5.85. The third-order valence-corrected chi connectivity index (χ3v) is 4.61. The summed E-state index contributed by atoms with van der Waals surface area (Å²) in [5, 5.41) is 19.2. The highest BCUT2D eigenvalue weighted by Crippen LogP contribution is 2.33. The van der Waals surface area contributed by atoms with Crippen molar-refractivity contribution >= 4 is 22.6 Å². The molecule has 0 amide bonds. The monoisotopic (exact) mass is 401 g/mol. The molecule has 3 aromatic heterocycles. The van der Waals surface area contributed by atoms with Gasteiger partial charge >= 0.3 is 0 Å². The van der Waals surface area contributed by atoms with E-state index in [4.69, 9.17) is 11.6 Å². The third-order valence-electron chi connectivity index (χ3n) is 4.34.